The molecule has 0 spiro atoms. The molecule has 3 heterocycles. The number of likely N-dealkylation sites (N-methyl/N-ethyl adjacent to an activating group) is 1. The summed E-state index contributed by atoms with van der Waals surface area (Å²) in [7, 11) is 3.75. The second kappa shape index (κ2) is 10.7. The molecule has 8 nitrogen and oxygen atoms in total. The van der Waals surface area contributed by atoms with Crippen LogP contribution in [0.1, 0.15) is 16.8 Å². The summed E-state index contributed by atoms with van der Waals surface area (Å²) in [5.41, 5.74) is 2.86. The first-order valence-corrected chi connectivity index (χ1v) is 12.7. The van der Waals surface area contributed by atoms with Gasteiger partial charge in [0.1, 0.15) is 0 Å². The number of alkyl halides is 3. The van der Waals surface area contributed by atoms with E-state index in [0.717, 1.165) is 47.0 Å². The molecule has 0 bridgehead atoms. The molecule has 2 aromatic heterocycles. The monoisotopic (exact) mass is 537 g/mol. The third kappa shape index (κ3) is 6.21. The largest absolute Gasteiger partial charge is 0.416 e. The zero-order valence-corrected chi connectivity index (χ0v) is 22.0. The minimum Gasteiger partial charge on any atom is -0.308 e. The Balaban J connectivity index is 1.29. The van der Waals surface area contributed by atoms with Crippen molar-refractivity contribution in [2.45, 2.75) is 19.6 Å². The molecule has 5 rings (SSSR count). The molecular formula is C28H30F3N7O. The number of halogens is 3. The van der Waals surface area contributed by atoms with Gasteiger partial charge in [-0.2, -0.15) is 18.3 Å². The molecule has 0 unspecified atom stereocenters. The van der Waals surface area contributed by atoms with Crippen LogP contribution in [0.15, 0.2) is 54.6 Å². The maximum Gasteiger partial charge on any atom is 0.416 e. The number of carbonyl (C=O) groups is 1. The molecular weight excluding hydrogens is 507 g/mol. The van der Waals surface area contributed by atoms with E-state index in [2.05, 4.69) is 25.6 Å². The van der Waals surface area contributed by atoms with Gasteiger partial charge in [0.15, 0.2) is 5.82 Å². The van der Waals surface area contributed by atoms with Gasteiger partial charge in [0.25, 0.3) is 0 Å². The second-order valence-electron chi connectivity index (χ2n) is 9.93. The highest BCUT2D eigenvalue weighted by Crippen LogP contribution is 2.35. The molecule has 204 valence electrons. The molecule has 4 aromatic rings. The number of pyridine rings is 1. The molecule has 1 fully saturated rings. The van der Waals surface area contributed by atoms with Crippen molar-refractivity contribution in [3.63, 3.8) is 0 Å². The van der Waals surface area contributed by atoms with Crippen LogP contribution in [0.4, 0.5) is 29.5 Å². The van der Waals surface area contributed by atoms with Crippen molar-refractivity contribution >= 4 is 28.4 Å². The fourth-order valence-electron chi connectivity index (χ4n) is 4.76. The summed E-state index contributed by atoms with van der Waals surface area (Å²) in [6, 6.07) is 14.8. The van der Waals surface area contributed by atoms with Crippen LogP contribution in [-0.2, 0) is 19.8 Å². The molecule has 0 aliphatic carbocycles. The van der Waals surface area contributed by atoms with Crippen molar-refractivity contribution in [3.05, 3.63) is 71.4 Å². The number of urea groups is 1. The van der Waals surface area contributed by atoms with Crippen molar-refractivity contribution in [3.8, 4) is 11.3 Å². The molecule has 1 aliphatic heterocycles. The lowest BCUT2D eigenvalue weighted by atomic mass is 10.0. The van der Waals surface area contributed by atoms with E-state index in [0.29, 0.717) is 13.1 Å². The lowest BCUT2D eigenvalue weighted by Gasteiger charge is -2.33. The molecule has 1 aliphatic rings. The van der Waals surface area contributed by atoms with E-state index >= 15 is 0 Å². The number of nitrogens with one attached hydrogen (secondary N) is 2. The van der Waals surface area contributed by atoms with Crippen LogP contribution < -0.4 is 10.6 Å². The number of amides is 2. The first-order chi connectivity index (χ1) is 18.5. The summed E-state index contributed by atoms with van der Waals surface area (Å²) >= 11 is 0. The van der Waals surface area contributed by atoms with Crippen LogP contribution in [-0.4, -0.2) is 63.8 Å². The van der Waals surface area contributed by atoms with Crippen molar-refractivity contribution in [2.24, 2.45) is 7.05 Å². The Hall–Kier alpha value is -3.96. The fourth-order valence-corrected chi connectivity index (χ4v) is 4.76. The van der Waals surface area contributed by atoms with E-state index < -0.39 is 17.8 Å². The highest BCUT2D eigenvalue weighted by Gasteiger charge is 2.34. The Kier molecular flexibility index (Phi) is 7.28. The Morgan fingerprint density at radius 1 is 0.949 bits per heavy atom. The van der Waals surface area contributed by atoms with Gasteiger partial charge in [0.05, 0.1) is 16.8 Å². The predicted molar refractivity (Wildman–Crippen MR) is 146 cm³/mol. The van der Waals surface area contributed by atoms with Crippen LogP contribution in [0, 0.1) is 6.92 Å². The zero-order valence-electron chi connectivity index (χ0n) is 22.0. The van der Waals surface area contributed by atoms with Crippen LogP contribution in [0.25, 0.3) is 22.2 Å². The van der Waals surface area contributed by atoms with Gasteiger partial charge in [0.2, 0.25) is 0 Å². The maximum absolute atomic E-state index is 13.9. The number of hydrogen-bond donors (Lipinski definition) is 2. The number of aryl methyl sites for hydroxylation is 2. The number of piperazine rings is 1. The molecule has 11 heteroatoms. The summed E-state index contributed by atoms with van der Waals surface area (Å²) in [5.74, 6) is 0.269. The zero-order chi connectivity index (χ0) is 27.7. The highest BCUT2D eigenvalue weighted by atomic mass is 19.4. The number of anilines is 2. The van der Waals surface area contributed by atoms with E-state index in [9.17, 15) is 18.0 Å². The molecule has 0 radical (unpaired) electrons. The SMILES string of the molecule is Cc1ccc2ccc(-c3cc(NC(=O)Nc4ccc(CN5CCN(C)CC5)c(C(F)(F)F)c4)nn3C)cc2n1. The lowest BCUT2D eigenvalue weighted by Crippen LogP contribution is -2.44. The standard InChI is InChI=1S/C28H30F3N7O/c1-18-4-5-19-6-7-20(14-24(19)32-18)25-16-26(35-37(25)3)34-27(39)33-22-9-8-21(23(15-22)28(29,30)31)17-38-12-10-36(2)11-13-38/h4-9,14-16H,10-13,17H2,1-3H3,(H2,33,34,35,39). The van der Waals surface area contributed by atoms with Crippen LogP contribution in [0.3, 0.4) is 0 Å². The van der Waals surface area contributed by atoms with Crippen molar-refractivity contribution < 1.29 is 18.0 Å². The Bertz CT molecular complexity index is 1510. The van der Waals surface area contributed by atoms with Crippen molar-refractivity contribution in [1.29, 1.82) is 0 Å². The smallest absolute Gasteiger partial charge is 0.308 e. The molecule has 1 saturated heterocycles. The molecule has 39 heavy (non-hydrogen) atoms. The number of rotatable bonds is 5. The summed E-state index contributed by atoms with van der Waals surface area (Å²) in [6.07, 6.45) is -4.54. The average Bonchev–Trinajstić information content (AvgIpc) is 3.24. The Morgan fingerprint density at radius 2 is 1.69 bits per heavy atom. The molecule has 2 N–H and O–H groups in total. The number of fused-ring (bicyclic) bond motifs is 1. The van der Waals surface area contributed by atoms with E-state index in [4.69, 9.17) is 0 Å². The average molecular weight is 538 g/mol. The second-order valence-corrected chi connectivity index (χ2v) is 9.93. The van der Waals surface area contributed by atoms with Gasteiger partial charge in [-0.05, 0) is 43.8 Å². The van der Waals surface area contributed by atoms with Gasteiger partial charge < -0.3 is 10.2 Å². The van der Waals surface area contributed by atoms with Gasteiger partial charge >= 0.3 is 12.2 Å². The number of hydrogen-bond acceptors (Lipinski definition) is 5. The third-order valence-corrected chi connectivity index (χ3v) is 6.91. The van der Waals surface area contributed by atoms with E-state index in [1.165, 1.54) is 12.1 Å². The minimum atomic E-state index is -4.54. The number of aromatic nitrogens is 3. The van der Waals surface area contributed by atoms with Crippen molar-refractivity contribution in [1.82, 2.24) is 24.6 Å². The topological polar surface area (TPSA) is 78.3 Å². The summed E-state index contributed by atoms with van der Waals surface area (Å²) in [5, 5.41) is 10.5. The normalized spacial score (nSPS) is 15.0. The van der Waals surface area contributed by atoms with Gasteiger partial charge in [-0.1, -0.05) is 24.3 Å². The first-order valence-electron chi connectivity index (χ1n) is 12.7. The molecule has 0 saturated carbocycles. The number of nitrogens with zero attached hydrogens (tertiary/aromatic N) is 5. The first kappa shape index (κ1) is 26.6. The summed E-state index contributed by atoms with van der Waals surface area (Å²) in [4.78, 5) is 21.4. The lowest BCUT2D eigenvalue weighted by molar-refractivity contribution is -0.138. The summed E-state index contributed by atoms with van der Waals surface area (Å²) < 4.78 is 43.3. The predicted octanol–water partition coefficient (Wildman–Crippen LogP) is 5.35. The van der Waals surface area contributed by atoms with Gasteiger partial charge in [-0.25, -0.2) is 4.79 Å². The Labute approximate surface area is 224 Å². The van der Waals surface area contributed by atoms with Gasteiger partial charge in [0, 0.05) is 68.2 Å². The Morgan fingerprint density at radius 3 is 2.44 bits per heavy atom. The third-order valence-electron chi connectivity index (χ3n) is 6.91. The van der Waals surface area contributed by atoms with Crippen LogP contribution in [0.2, 0.25) is 0 Å². The summed E-state index contributed by atoms with van der Waals surface area (Å²) in [6.45, 7) is 5.17. The molecule has 2 aromatic carbocycles. The van der Waals surface area contributed by atoms with Gasteiger partial charge in [-0.3, -0.25) is 19.9 Å². The van der Waals surface area contributed by atoms with E-state index in [-0.39, 0.29) is 23.6 Å². The minimum absolute atomic E-state index is 0.0501. The molecule has 2 amide bonds. The quantitative estimate of drug-likeness (QED) is 0.359. The van der Waals surface area contributed by atoms with Gasteiger partial charge in [-0.15, -0.1) is 0 Å². The fraction of sp³-hybridized carbons (Fsp3) is 0.321. The molecule has 0 atom stereocenters. The van der Waals surface area contributed by atoms with E-state index in [1.54, 1.807) is 17.8 Å². The van der Waals surface area contributed by atoms with Crippen LogP contribution in [0.5, 0.6) is 0 Å². The number of carbonyl (C=O) groups excluding carboxylic acids is 1. The maximum atomic E-state index is 13.9. The van der Waals surface area contributed by atoms with Crippen LogP contribution >= 0.6 is 0 Å². The van der Waals surface area contributed by atoms with E-state index in [1.807, 2.05) is 49.2 Å². The van der Waals surface area contributed by atoms with Crippen molar-refractivity contribution in [2.75, 3.05) is 43.9 Å². The number of benzene rings is 2. The highest BCUT2D eigenvalue weighted by molar-refractivity contribution is 5.99.